The maximum absolute atomic E-state index is 12.5. The maximum Gasteiger partial charge on any atom is 0.200 e. The van der Waals surface area contributed by atoms with E-state index in [2.05, 4.69) is 0 Å². The Bertz CT molecular complexity index is 746. The van der Waals surface area contributed by atoms with Gasteiger partial charge in [0.2, 0.25) is 0 Å². The number of ketones is 2. The molecule has 4 rings (SSSR count). The number of ether oxygens (including phenoxy) is 2. The van der Waals surface area contributed by atoms with Crippen molar-refractivity contribution in [3.05, 3.63) is 53.6 Å². The Balaban J connectivity index is 1.97. The van der Waals surface area contributed by atoms with E-state index < -0.39 is 11.2 Å². The van der Waals surface area contributed by atoms with E-state index in [0.29, 0.717) is 11.3 Å². The van der Waals surface area contributed by atoms with Gasteiger partial charge in [0.25, 0.3) is 0 Å². The third kappa shape index (κ3) is 1.50. The zero-order valence-corrected chi connectivity index (χ0v) is 12.5. The van der Waals surface area contributed by atoms with Gasteiger partial charge in [0, 0.05) is 5.56 Å². The van der Waals surface area contributed by atoms with Crippen LogP contribution >= 0.6 is 0 Å². The molecule has 4 nitrogen and oxygen atoms in total. The van der Waals surface area contributed by atoms with Crippen LogP contribution in [0.1, 0.15) is 19.4 Å². The SMILES string of the molecule is CC(=O)[C@@]12CO[C@@]3(C)C=CC(=O)C(=C(c4ccccc4)O1)[C@H]32. The Morgan fingerprint density at radius 3 is 2.68 bits per heavy atom. The van der Waals surface area contributed by atoms with E-state index in [-0.39, 0.29) is 24.1 Å². The highest BCUT2D eigenvalue weighted by Crippen LogP contribution is 2.56. The Labute approximate surface area is 128 Å². The molecular formula is C18H16O4. The fraction of sp³-hybridized carbons (Fsp3) is 0.333. The molecule has 0 bridgehead atoms. The number of carbonyl (C=O) groups is 2. The van der Waals surface area contributed by atoms with Crippen LogP contribution in [0.25, 0.3) is 5.76 Å². The molecule has 3 atom stereocenters. The lowest BCUT2D eigenvalue weighted by Crippen LogP contribution is -2.48. The zero-order valence-electron chi connectivity index (χ0n) is 12.5. The molecule has 0 saturated carbocycles. The van der Waals surface area contributed by atoms with Crippen molar-refractivity contribution in [2.45, 2.75) is 25.0 Å². The summed E-state index contributed by atoms with van der Waals surface area (Å²) in [6, 6.07) is 9.46. The van der Waals surface area contributed by atoms with Crippen molar-refractivity contribution in [2.75, 3.05) is 6.61 Å². The van der Waals surface area contributed by atoms with Crippen LogP contribution in [-0.4, -0.2) is 29.4 Å². The summed E-state index contributed by atoms with van der Waals surface area (Å²) < 4.78 is 12.0. The molecule has 0 N–H and O–H groups in total. The molecule has 112 valence electrons. The predicted octanol–water partition coefficient (Wildman–Crippen LogP) is 2.30. The highest BCUT2D eigenvalue weighted by atomic mass is 16.6. The number of allylic oxidation sites excluding steroid dienone is 1. The van der Waals surface area contributed by atoms with Crippen LogP contribution in [0.15, 0.2) is 48.1 Å². The Hall–Kier alpha value is -2.20. The minimum absolute atomic E-state index is 0.102. The lowest BCUT2D eigenvalue weighted by atomic mass is 9.70. The van der Waals surface area contributed by atoms with Crippen LogP contribution in [0.3, 0.4) is 0 Å². The molecule has 1 aromatic carbocycles. The molecule has 1 saturated heterocycles. The summed E-state index contributed by atoms with van der Waals surface area (Å²) in [5.74, 6) is -0.0717. The van der Waals surface area contributed by atoms with Gasteiger partial charge in [-0.25, -0.2) is 0 Å². The summed E-state index contributed by atoms with van der Waals surface area (Å²) in [5.41, 5.74) is -0.386. The number of Topliss-reactive ketones (excluding diaryl/α,β-unsaturated/α-hetero) is 1. The number of hydrogen-bond acceptors (Lipinski definition) is 4. The second-order valence-corrected chi connectivity index (χ2v) is 6.26. The van der Waals surface area contributed by atoms with Crippen molar-refractivity contribution in [1.29, 1.82) is 0 Å². The van der Waals surface area contributed by atoms with Gasteiger partial charge in [-0.2, -0.15) is 0 Å². The summed E-state index contributed by atoms with van der Waals surface area (Å²) in [6.45, 7) is 3.58. The fourth-order valence-corrected chi connectivity index (χ4v) is 3.78. The first-order valence-corrected chi connectivity index (χ1v) is 7.35. The monoisotopic (exact) mass is 296 g/mol. The van der Waals surface area contributed by atoms with E-state index in [1.54, 1.807) is 6.08 Å². The molecule has 0 aromatic heterocycles. The average molecular weight is 296 g/mol. The first-order valence-electron chi connectivity index (χ1n) is 7.35. The lowest BCUT2D eigenvalue weighted by Gasteiger charge is -2.32. The zero-order chi connectivity index (χ0) is 15.5. The van der Waals surface area contributed by atoms with Crippen molar-refractivity contribution in [2.24, 2.45) is 5.92 Å². The van der Waals surface area contributed by atoms with Gasteiger partial charge in [-0.05, 0) is 26.0 Å². The molecule has 0 unspecified atom stereocenters. The summed E-state index contributed by atoms with van der Waals surface area (Å²) in [6.07, 6.45) is 3.28. The van der Waals surface area contributed by atoms with Crippen molar-refractivity contribution >= 4 is 17.3 Å². The van der Waals surface area contributed by atoms with Crippen LogP contribution in [0.4, 0.5) is 0 Å². The quantitative estimate of drug-likeness (QED) is 0.840. The van der Waals surface area contributed by atoms with Crippen LogP contribution < -0.4 is 0 Å². The topological polar surface area (TPSA) is 52.6 Å². The molecule has 0 spiro atoms. The van der Waals surface area contributed by atoms with Crippen LogP contribution in [0.2, 0.25) is 0 Å². The minimum Gasteiger partial charge on any atom is -0.475 e. The molecule has 1 fully saturated rings. The lowest BCUT2D eigenvalue weighted by molar-refractivity contribution is -0.135. The van der Waals surface area contributed by atoms with Crippen molar-refractivity contribution < 1.29 is 19.1 Å². The van der Waals surface area contributed by atoms with E-state index in [1.165, 1.54) is 13.0 Å². The van der Waals surface area contributed by atoms with Gasteiger partial charge in [-0.15, -0.1) is 0 Å². The summed E-state index contributed by atoms with van der Waals surface area (Å²) in [4.78, 5) is 24.8. The third-order valence-electron chi connectivity index (χ3n) is 4.92. The molecule has 2 heterocycles. The Kier molecular flexibility index (Phi) is 2.55. The standard InChI is InChI=1S/C18H16O4/c1-11(19)18-10-21-17(2)9-8-13(20)14(16(17)18)15(22-18)12-6-4-3-5-7-12/h3-9,16H,10H2,1-2H3/t16-,17+,18-/m1/s1. The van der Waals surface area contributed by atoms with Gasteiger partial charge < -0.3 is 9.47 Å². The summed E-state index contributed by atoms with van der Waals surface area (Å²) >= 11 is 0. The third-order valence-corrected chi connectivity index (χ3v) is 4.92. The summed E-state index contributed by atoms with van der Waals surface area (Å²) in [7, 11) is 0. The van der Waals surface area contributed by atoms with Crippen LogP contribution in [-0.2, 0) is 19.1 Å². The number of carbonyl (C=O) groups excluding carboxylic acids is 2. The molecular weight excluding hydrogens is 280 g/mol. The van der Waals surface area contributed by atoms with E-state index in [4.69, 9.17) is 9.47 Å². The van der Waals surface area contributed by atoms with Gasteiger partial charge in [0.1, 0.15) is 5.76 Å². The molecule has 0 radical (unpaired) electrons. The molecule has 2 aliphatic heterocycles. The second-order valence-electron chi connectivity index (χ2n) is 6.26. The largest absolute Gasteiger partial charge is 0.475 e. The summed E-state index contributed by atoms with van der Waals surface area (Å²) in [5, 5.41) is 0. The van der Waals surface area contributed by atoms with Gasteiger partial charge in [0.05, 0.1) is 23.7 Å². The number of benzene rings is 1. The fourth-order valence-electron chi connectivity index (χ4n) is 3.78. The van der Waals surface area contributed by atoms with E-state index in [9.17, 15) is 9.59 Å². The second kappa shape index (κ2) is 4.17. The van der Waals surface area contributed by atoms with Crippen LogP contribution in [0, 0.1) is 5.92 Å². The van der Waals surface area contributed by atoms with Gasteiger partial charge in [-0.1, -0.05) is 30.3 Å². The molecule has 4 heteroatoms. The highest BCUT2D eigenvalue weighted by Gasteiger charge is 2.67. The minimum atomic E-state index is -1.09. The normalized spacial score (nSPS) is 35.5. The molecule has 22 heavy (non-hydrogen) atoms. The molecule has 1 aliphatic carbocycles. The smallest absolute Gasteiger partial charge is 0.200 e. The maximum atomic E-state index is 12.5. The van der Waals surface area contributed by atoms with Gasteiger partial charge in [0.15, 0.2) is 17.2 Å². The number of rotatable bonds is 2. The van der Waals surface area contributed by atoms with Gasteiger partial charge in [-0.3, -0.25) is 9.59 Å². The Morgan fingerprint density at radius 2 is 2.00 bits per heavy atom. The molecule has 1 aromatic rings. The average Bonchev–Trinajstić information content (AvgIpc) is 3.02. The van der Waals surface area contributed by atoms with Crippen molar-refractivity contribution in [1.82, 2.24) is 0 Å². The predicted molar refractivity (Wildman–Crippen MR) is 79.9 cm³/mol. The molecule has 3 aliphatic rings. The van der Waals surface area contributed by atoms with E-state index in [0.717, 1.165) is 5.56 Å². The van der Waals surface area contributed by atoms with Crippen molar-refractivity contribution in [3.63, 3.8) is 0 Å². The van der Waals surface area contributed by atoms with Crippen molar-refractivity contribution in [3.8, 4) is 0 Å². The van der Waals surface area contributed by atoms with Gasteiger partial charge >= 0.3 is 0 Å². The first-order chi connectivity index (χ1) is 10.5. The first kappa shape index (κ1) is 13.5. The van der Waals surface area contributed by atoms with E-state index in [1.807, 2.05) is 37.3 Å². The van der Waals surface area contributed by atoms with E-state index >= 15 is 0 Å². The molecule has 0 amide bonds. The number of hydrogen-bond donors (Lipinski definition) is 0. The highest BCUT2D eigenvalue weighted by molar-refractivity contribution is 6.13. The van der Waals surface area contributed by atoms with Crippen LogP contribution in [0.5, 0.6) is 0 Å². The Morgan fingerprint density at radius 1 is 1.27 bits per heavy atom.